The maximum absolute atomic E-state index is 13.7. The molecule has 0 saturated carbocycles. The van der Waals surface area contributed by atoms with Crippen LogP contribution in [0.25, 0.3) is 0 Å². The maximum atomic E-state index is 13.7. The number of ether oxygens (including phenoxy) is 1. The molecule has 0 bridgehead atoms. The lowest BCUT2D eigenvalue weighted by molar-refractivity contribution is -0.117. The summed E-state index contributed by atoms with van der Waals surface area (Å²) in [6, 6.07) is 8.58. The van der Waals surface area contributed by atoms with Crippen molar-refractivity contribution in [2.75, 3.05) is 37.0 Å². The number of halogens is 3. The molecule has 160 valence electrons. The zero-order chi connectivity index (χ0) is 21.3. The van der Waals surface area contributed by atoms with E-state index in [1.165, 1.54) is 36.3 Å². The lowest BCUT2D eigenvalue weighted by Crippen LogP contribution is -2.33. The smallest absolute Gasteiger partial charge is 0.264 e. The Labute approximate surface area is 172 Å². The van der Waals surface area contributed by atoms with Crippen molar-refractivity contribution < 1.29 is 22.7 Å². The Morgan fingerprint density at radius 3 is 2.63 bits per heavy atom. The second-order valence-corrected chi connectivity index (χ2v) is 7.40. The van der Waals surface area contributed by atoms with Gasteiger partial charge in [0.25, 0.3) is 6.43 Å². The second kappa shape index (κ2) is 8.53. The van der Waals surface area contributed by atoms with E-state index in [1.807, 2.05) is 0 Å². The number of alkyl halides is 2. The normalized spacial score (nSPS) is 19.7. The molecule has 0 radical (unpaired) electrons. The van der Waals surface area contributed by atoms with E-state index < -0.39 is 18.3 Å². The fourth-order valence-electron chi connectivity index (χ4n) is 3.99. The summed E-state index contributed by atoms with van der Waals surface area (Å²) in [5.74, 6) is -0.666. The van der Waals surface area contributed by atoms with E-state index in [-0.39, 0.29) is 23.1 Å². The average Bonchev–Trinajstić information content (AvgIpc) is 3.40. The van der Waals surface area contributed by atoms with Crippen LogP contribution in [-0.4, -0.2) is 38.7 Å². The molecule has 6 nitrogen and oxygen atoms in total. The van der Waals surface area contributed by atoms with Crippen molar-refractivity contribution in [3.8, 4) is 5.75 Å². The SMILES string of the molecule is COc1cc(NC2CCN(c3ccc(C4CNNC4)c(C(F)F)c3)C2=O)ccc1F. The van der Waals surface area contributed by atoms with Gasteiger partial charge in [0.05, 0.1) is 7.11 Å². The third-order valence-electron chi connectivity index (χ3n) is 5.58. The van der Waals surface area contributed by atoms with Gasteiger partial charge in [-0.1, -0.05) is 6.07 Å². The van der Waals surface area contributed by atoms with Gasteiger partial charge in [0.15, 0.2) is 11.6 Å². The maximum Gasteiger partial charge on any atom is 0.264 e. The molecule has 1 amide bonds. The Morgan fingerprint density at radius 2 is 1.93 bits per heavy atom. The Balaban J connectivity index is 1.52. The highest BCUT2D eigenvalue weighted by Crippen LogP contribution is 2.34. The lowest BCUT2D eigenvalue weighted by atomic mass is 9.94. The third kappa shape index (κ3) is 3.95. The summed E-state index contributed by atoms with van der Waals surface area (Å²) >= 11 is 0. The van der Waals surface area contributed by atoms with Gasteiger partial charge in [0.2, 0.25) is 5.91 Å². The van der Waals surface area contributed by atoms with Gasteiger partial charge in [-0.05, 0) is 36.2 Å². The summed E-state index contributed by atoms with van der Waals surface area (Å²) in [4.78, 5) is 14.4. The molecule has 0 spiro atoms. The minimum atomic E-state index is -2.63. The molecule has 2 aromatic rings. The van der Waals surface area contributed by atoms with Crippen LogP contribution in [0.5, 0.6) is 5.75 Å². The van der Waals surface area contributed by atoms with Crippen molar-refractivity contribution in [3.63, 3.8) is 0 Å². The molecule has 30 heavy (non-hydrogen) atoms. The molecule has 2 aliphatic rings. The first-order chi connectivity index (χ1) is 14.5. The van der Waals surface area contributed by atoms with Gasteiger partial charge in [0.1, 0.15) is 6.04 Å². The van der Waals surface area contributed by atoms with Crippen LogP contribution >= 0.6 is 0 Å². The van der Waals surface area contributed by atoms with Crippen molar-refractivity contribution in [3.05, 3.63) is 53.3 Å². The van der Waals surface area contributed by atoms with E-state index in [0.717, 1.165) is 0 Å². The number of anilines is 2. The molecule has 1 atom stereocenters. The number of hydrogen-bond acceptors (Lipinski definition) is 5. The predicted octanol–water partition coefficient (Wildman–Crippen LogP) is 3.18. The van der Waals surface area contributed by atoms with Crippen molar-refractivity contribution in [1.82, 2.24) is 10.9 Å². The molecular weight excluding hydrogens is 397 g/mol. The molecule has 2 fully saturated rings. The van der Waals surface area contributed by atoms with Crippen molar-refractivity contribution in [2.45, 2.75) is 24.8 Å². The van der Waals surface area contributed by atoms with Gasteiger partial charge in [-0.2, -0.15) is 0 Å². The van der Waals surface area contributed by atoms with Crippen molar-refractivity contribution >= 4 is 17.3 Å². The highest BCUT2D eigenvalue weighted by atomic mass is 19.3. The van der Waals surface area contributed by atoms with Gasteiger partial charge in [-0.3, -0.25) is 15.6 Å². The molecule has 4 rings (SSSR count). The fraction of sp³-hybridized carbons (Fsp3) is 0.381. The average molecular weight is 420 g/mol. The molecular formula is C21H23F3N4O2. The first-order valence-electron chi connectivity index (χ1n) is 9.77. The number of methoxy groups -OCH3 is 1. The van der Waals surface area contributed by atoms with E-state index in [4.69, 9.17) is 4.74 Å². The third-order valence-corrected chi connectivity index (χ3v) is 5.58. The second-order valence-electron chi connectivity index (χ2n) is 7.40. The van der Waals surface area contributed by atoms with Gasteiger partial charge < -0.3 is 15.0 Å². The van der Waals surface area contributed by atoms with Crippen LogP contribution in [0.1, 0.15) is 29.9 Å². The molecule has 2 saturated heterocycles. The highest BCUT2D eigenvalue weighted by molar-refractivity contribution is 6.01. The minimum absolute atomic E-state index is 0.0415. The summed E-state index contributed by atoms with van der Waals surface area (Å²) in [6.45, 7) is 1.56. The lowest BCUT2D eigenvalue weighted by Gasteiger charge is -2.21. The topological polar surface area (TPSA) is 65.6 Å². The molecule has 0 aromatic heterocycles. The van der Waals surface area contributed by atoms with Crippen LogP contribution in [0.15, 0.2) is 36.4 Å². The zero-order valence-corrected chi connectivity index (χ0v) is 16.4. The van der Waals surface area contributed by atoms with Crippen LogP contribution in [0.4, 0.5) is 24.5 Å². The first kappa shape index (κ1) is 20.5. The predicted molar refractivity (Wildman–Crippen MR) is 107 cm³/mol. The van der Waals surface area contributed by atoms with Crippen molar-refractivity contribution in [1.29, 1.82) is 0 Å². The standard InChI is InChI=1S/C21H23F3N4O2/c1-30-19-8-13(2-5-17(19)22)27-18-6-7-28(21(18)29)14-3-4-15(12-10-25-26-11-12)16(9-14)20(23)24/h2-5,8-9,12,18,20,25-27H,6-7,10-11H2,1H3. The number of benzene rings is 2. The highest BCUT2D eigenvalue weighted by Gasteiger charge is 2.34. The van der Waals surface area contributed by atoms with Gasteiger partial charge in [-0.25, -0.2) is 13.2 Å². The number of nitrogens with zero attached hydrogens (tertiary/aromatic N) is 1. The monoisotopic (exact) mass is 420 g/mol. The quantitative estimate of drug-likeness (QED) is 0.670. The number of hydrogen-bond donors (Lipinski definition) is 3. The summed E-state index contributed by atoms with van der Waals surface area (Å²) < 4.78 is 46.0. The number of carbonyl (C=O) groups excluding carboxylic acids is 1. The van der Waals surface area contributed by atoms with Crippen LogP contribution < -0.4 is 25.8 Å². The van der Waals surface area contributed by atoms with E-state index in [0.29, 0.717) is 43.0 Å². The summed E-state index contributed by atoms with van der Waals surface area (Å²) in [6.07, 6.45) is -2.13. The minimum Gasteiger partial charge on any atom is -0.494 e. The van der Waals surface area contributed by atoms with Crippen LogP contribution in [-0.2, 0) is 4.79 Å². The van der Waals surface area contributed by atoms with Gasteiger partial charge >= 0.3 is 0 Å². The van der Waals surface area contributed by atoms with E-state index in [1.54, 1.807) is 12.1 Å². The Kier molecular flexibility index (Phi) is 5.83. The zero-order valence-electron chi connectivity index (χ0n) is 16.4. The number of hydrazine groups is 1. The molecule has 2 heterocycles. The number of amides is 1. The number of nitrogens with one attached hydrogen (secondary N) is 3. The Hall–Kier alpha value is -2.78. The van der Waals surface area contributed by atoms with Crippen LogP contribution in [0, 0.1) is 5.82 Å². The van der Waals surface area contributed by atoms with Crippen LogP contribution in [0.3, 0.4) is 0 Å². The molecule has 1 unspecified atom stereocenters. The van der Waals surface area contributed by atoms with E-state index in [2.05, 4.69) is 16.2 Å². The molecule has 0 aliphatic carbocycles. The summed E-state index contributed by atoms with van der Waals surface area (Å²) in [5.41, 5.74) is 7.46. The largest absolute Gasteiger partial charge is 0.494 e. The summed E-state index contributed by atoms with van der Waals surface area (Å²) in [7, 11) is 1.37. The fourth-order valence-corrected chi connectivity index (χ4v) is 3.99. The number of carbonyl (C=O) groups is 1. The number of rotatable bonds is 6. The van der Waals surface area contributed by atoms with Crippen LogP contribution in [0.2, 0.25) is 0 Å². The van der Waals surface area contributed by atoms with Gasteiger partial charge in [-0.15, -0.1) is 0 Å². The molecule has 9 heteroatoms. The molecule has 2 aliphatic heterocycles. The van der Waals surface area contributed by atoms with Gasteiger partial charge in [0, 0.05) is 48.6 Å². The molecule has 3 N–H and O–H groups in total. The van der Waals surface area contributed by atoms with Crippen molar-refractivity contribution in [2.24, 2.45) is 0 Å². The molecule has 2 aromatic carbocycles. The Morgan fingerprint density at radius 1 is 1.17 bits per heavy atom. The summed E-state index contributed by atoms with van der Waals surface area (Å²) in [5, 5.41) is 3.08. The first-order valence-corrected chi connectivity index (χ1v) is 9.77. The van der Waals surface area contributed by atoms with E-state index in [9.17, 15) is 18.0 Å². The Bertz CT molecular complexity index is 934. The van der Waals surface area contributed by atoms with E-state index >= 15 is 0 Å².